The quantitative estimate of drug-likeness (QED) is 0.810. The molecule has 0 saturated heterocycles. The number of ether oxygens (including phenoxy) is 3. The van der Waals surface area contributed by atoms with E-state index in [0.717, 1.165) is 11.3 Å². The van der Waals surface area contributed by atoms with E-state index in [4.69, 9.17) is 14.2 Å². The number of carbonyl (C=O) groups is 2. The number of nitrogens with zero attached hydrogens (tertiary/aromatic N) is 1. The maximum atomic E-state index is 12.3. The topological polar surface area (TPSA) is 77.1 Å². The molecule has 2 aromatic rings. The smallest absolute Gasteiger partial charge is 0.265 e. The highest BCUT2D eigenvalue weighted by atomic mass is 16.5. The summed E-state index contributed by atoms with van der Waals surface area (Å²) in [6, 6.07) is 12.9. The van der Waals surface area contributed by atoms with Crippen molar-refractivity contribution in [1.29, 1.82) is 0 Å². The maximum absolute atomic E-state index is 12.3. The van der Waals surface area contributed by atoms with Crippen molar-refractivity contribution in [2.75, 3.05) is 43.7 Å². The van der Waals surface area contributed by atoms with Gasteiger partial charge in [0.25, 0.3) is 5.91 Å². The van der Waals surface area contributed by atoms with E-state index >= 15 is 0 Å². The van der Waals surface area contributed by atoms with Crippen molar-refractivity contribution in [1.82, 2.24) is 0 Å². The molecule has 7 heteroatoms. The lowest BCUT2D eigenvalue weighted by atomic mass is 10.2. The number of benzene rings is 2. The first-order chi connectivity index (χ1) is 13.1. The Morgan fingerprint density at radius 3 is 2.89 bits per heavy atom. The second-order valence-electron chi connectivity index (χ2n) is 6.16. The average molecular weight is 370 g/mol. The number of nitrogens with one attached hydrogen (secondary N) is 1. The highest BCUT2D eigenvalue weighted by Gasteiger charge is 2.26. The van der Waals surface area contributed by atoms with Crippen LogP contribution in [0.15, 0.2) is 42.5 Å². The first-order valence-electron chi connectivity index (χ1n) is 8.62. The molecule has 2 amide bonds. The molecule has 1 aliphatic rings. The fraction of sp³-hybridized carbons (Fsp3) is 0.300. The van der Waals surface area contributed by atoms with Crippen LogP contribution in [0.1, 0.15) is 5.56 Å². The minimum absolute atomic E-state index is 0.0210. The summed E-state index contributed by atoms with van der Waals surface area (Å²) >= 11 is 0. The zero-order chi connectivity index (χ0) is 19.2. The van der Waals surface area contributed by atoms with Crippen molar-refractivity contribution in [2.45, 2.75) is 6.92 Å². The van der Waals surface area contributed by atoms with Crippen LogP contribution in [0.2, 0.25) is 0 Å². The summed E-state index contributed by atoms with van der Waals surface area (Å²) in [6.07, 6.45) is 0. The van der Waals surface area contributed by atoms with Crippen molar-refractivity contribution in [3.05, 3.63) is 48.0 Å². The van der Waals surface area contributed by atoms with Gasteiger partial charge in [-0.15, -0.1) is 0 Å². The highest BCUT2D eigenvalue weighted by molar-refractivity contribution is 5.99. The molecule has 1 aliphatic heterocycles. The molecule has 0 radical (unpaired) electrons. The third kappa shape index (κ3) is 4.77. The zero-order valence-corrected chi connectivity index (χ0v) is 15.4. The number of amides is 2. The molecule has 3 rings (SSSR count). The standard InChI is InChI=1S/C20H22N2O5/c1-14-4-3-5-16(10-14)26-9-8-22-17-11-15(21-19(23)12-25-2)6-7-18(17)27-13-20(22)24/h3-7,10-11H,8-9,12-13H2,1-2H3,(H,21,23). The van der Waals surface area contributed by atoms with Crippen molar-refractivity contribution in [3.8, 4) is 11.5 Å². The van der Waals surface area contributed by atoms with E-state index in [1.165, 1.54) is 7.11 Å². The van der Waals surface area contributed by atoms with Gasteiger partial charge in [-0.05, 0) is 42.8 Å². The third-order valence-electron chi connectivity index (χ3n) is 4.03. The van der Waals surface area contributed by atoms with Gasteiger partial charge < -0.3 is 24.4 Å². The van der Waals surface area contributed by atoms with Gasteiger partial charge in [0, 0.05) is 12.8 Å². The molecule has 7 nitrogen and oxygen atoms in total. The average Bonchev–Trinajstić information content (AvgIpc) is 2.64. The molecule has 142 valence electrons. The van der Waals surface area contributed by atoms with Crippen LogP contribution in [0.3, 0.4) is 0 Å². The van der Waals surface area contributed by atoms with Crippen LogP contribution in [0, 0.1) is 6.92 Å². The Labute approximate surface area is 157 Å². The van der Waals surface area contributed by atoms with E-state index in [0.29, 0.717) is 30.3 Å². The molecule has 0 spiro atoms. The molecule has 0 saturated carbocycles. The van der Waals surface area contributed by atoms with Gasteiger partial charge in [-0.25, -0.2) is 0 Å². The Morgan fingerprint density at radius 2 is 2.11 bits per heavy atom. The van der Waals surface area contributed by atoms with Gasteiger partial charge in [-0.3, -0.25) is 9.59 Å². The van der Waals surface area contributed by atoms with Crippen molar-refractivity contribution in [2.24, 2.45) is 0 Å². The van der Waals surface area contributed by atoms with Gasteiger partial charge in [0.15, 0.2) is 6.61 Å². The highest BCUT2D eigenvalue weighted by Crippen LogP contribution is 2.34. The minimum Gasteiger partial charge on any atom is -0.492 e. The molecular weight excluding hydrogens is 348 g/mol. The number of hydrogen-bond acceptors (Lipinski definition) is 5. The molecule has 1 heterocycles. The van der Waals surface area contributed by atoms with E-state index in [9.17, 15) is 9.59 Å². The molecule has 0 bridgehead atoms. The SMILES string of the molecule is COCC(=O)Nc1ccc2c(c1)N(CCOc1cccc(C)c1)C(=O)CO2. The maximum Gasteiger partial charge on any atom is 0.265 e. The molecule has 0 atom stereocenters. The van der Waals surface area contributed by atoms with Gasteiger partial charge in [0.2, 0.25) is 5.91 Å². The fourth-order valence-electron chi connectivity index (χ4n) is 2.81. The van der Waals surface area contributed by atoms with Crippen molar-refractivity contribution in [3.63, 3.8) is 0 Å². The molecule has 1 N–H and O–H groups in total. The van der Waals surface area contributed by atoms with Crippen LogP contribution >= 0.6 is 0 Å². The Bertz CT molecular complexity index is 837. The Morgan fingerprint density at radius 1 is 1.26 bits per heavy atom. The molecule has 0 fully saturated rings. The van der Waals surface area contributed by atoms with E-state index in [1.54, 1.807) is 23.1 Å². The summed E-state index contributed by atoms with van der Waals surface area (Å²) in [5, 5.41) is 2.73. The Kier molecular flexibility index (Phi) is 5.93. The number of aryl methyl sites for hydroxylation is 1. The second kappa shape index (κ2) is 8.55. The number of fused-ring (bicyclic) bond motifs is 1. The van der Waals surface area contributed by atoms with Gasteiger partial charge in [-0.2, -0.15) is 0 Å². The molecular formula is C20H22N2O5. The summed E-state index contributed by atoms with van der Waals surface area (Å²) in [4.78, 5) is 25.7. The largest absolute Gasteiger partial charge is 0.492 e. The summed E-state index contributed by atoms with van der Waals surface area (Å²) < 4.78 is 16.1. The van der Waals surface area contributed by atoms with E-state index in [-0.39, 0.29) is 25.0 Å². The van der Waals surface area contributed by atoms with Crippen LogP contribution in [0.5, 0.6) is 11.5 Å². The van der Waals surface area contributed by atoms with Crippen LogP contribution in [-0.2, 0) is 14.3 Å². The summed E-state index contributed by atoms with van der Waals surface area (Å²) in [7, 11) is 1.45. The Balaban J connectivity index is 1.70. The molecule has 0 aromatic heterocycles. The number of hydrogen-bond donors (Lipinski definition) is 1. The summed E-state index contributed by atoms with van der Waals surface area (Å²) in [5.74, 6) is 0.928. The molecule has 0 unspecified atom stereocenters. The molecule has 27 heavy (non-hydrogen) atoms. The van der Waals surface area contributed by atoms with Crippen LogP contribution in [0.4, 0.5) is 11.4 Å². The number of anilines is 2. The van der Waals surface area contributed by atoms with E-state index < -0.39 is 0 Å². The predicted octanol–water partition coefficient (Wildman–Crippen LogP) is 2.38. The van der Waals surface area contributed by atoms with Gasteiger partial charge in [0.1, 0.15) is 24.7 Å². The lowest BCUT2D eigenvalue weighted by molar-refractivity contribution is -0.121. The second-order valence-corrected chi connectivity index (χ2v) is 6.16. The number of rotatable bonds is 7. The zero-order valence-electron chi connectivity index (χ0n) is 15.4. The summed E-state index contributed by atoms with van der Waals surface area (Å²) in [5.41, 5.74) is 2.28. The number of carbonyl (C=O) groups excluding carboxylic acids is 2. The van der Waals surface area contributed by atoms with Crippen molar-refractivity contribution < 1.29 is 23.8 Å². The normalized spacial score (nSPS) is 13.0. The van der Waals surface area contributed by atoms with E-state index in [1.807, 2.05) is 31.2 Å². The van der Waals surface area contributed by atoms with Gasteiger partial charge in [0.05, 0.1) is 12.2 Å². The monoisotopic (exact) mass is 370 g/mol. The van der Waals surface area contributed by atoms with Gasteiger partial charge >= 0.3 is 0 Å². The Hall–Kier alpha value is -3.06. The minimum atomic E-state index is -0.269. The lowest BCUT2D eigenvalue weighted by Crippen LogP contribution is -2.41. The van der Waals surface area contributed by atoms with Crippen LogP contribution < -0.4 is 19.7 Å². The van der Waals surface area contributed by atoms with Crippen LogP contribution in [-0.4, -0.2) is 45.3 Å². The first-order valence-corrected chi connectivity index (χ1v) is 8.62. The lowest BCUT2D eigenvalue weighted by Gasteiger charge is -2.29. The molecule has 0 aliphatic carbocycles. The number of methoxy groups -OCH3 is 1. The molecule has 2 aromatic carbocycles. The first kappa shape index (κ1) is 18.7. The third-order valence-corrected chi connectivity index (χ3v) is 4.03. The van der Waals surface area contributed by atoms with Crippen LogP contribution in [0.25, 0.3) is 0 Å². The fourth-order valence-corrected chi connectivity index (χ4v) is 2.81. The van der Waals surface area contributed by atoms with Crippen molar-refractivity contribution >= 4 is 23.2 Å². The van der Waals surface area contributed by atoms with Gasteiger partial charge in [-0.1, -0.05) is 12.1 Å². The van der Waals surface area contributed by atoms with E-state index in [2.05, 4.69) is 5.32 Å². The predicted molar refractivity (Wildman–Crippen MR) is 101 cm³/mol. The summed E-state index contributed by atoms with van der Waals surface area (Å²) in [6.45, 7) is 2.65.